The van der Waals surface area contributed by atoms with Crippen molar-refractivity contribution in [2.24, 2.45) is 10.9 Å². The quantitative estimate of drug-likeness (QED) is 0.514. The molecule has 0 saturated heterocycles. The number of benzene rings is 2. The number of hydrogen-bond acceptors (Lipinski definition) is 4. The third-order valence-electron chi connectivity index (χ3n) is 4.81. The Balaban J connectivity index is 1.76. The number of anilines is 1. The number of alkyl halides is 6. The van der Waals surface area contributed by atoms with E-state index in [1.165, 1.54) is 30.3 Å². The van der Waals surface area contributed by atoms with E-state index in [2.05, 4.69) is 4.99 Å². The van der Waals surface area contributed by atoms with Crippen LogP contribution in [0.3, 0.4) is 0 Å². The highest BCUT2D eigenvalue weighted by Crippen LogP contribution is 2.33. The first-order valence-corrected chi connectivity index (χ1v) is 9.94. The lowest BCUT2D eigenvalue weighted by Crippen LogP contribution is -2.48. The molecule has 1 aliphatic rings. The maximum Gasteiger partial charge on any atom is 0.416 e. The summed E-state index contributed by atoms with van der Waals surface area (Å²) < 4.78 is 83.8. The molecule has 0 aliphatic carbocycles. The summed E-state index contributed by atoms with van der Waals surface area (Å²) in [5.74, 6) is 0.193. The van der Waals surface area contributed by atoms with Crippen LogP contribution in [0.25, 0.3) is 0 Å². The van der Waals surface area contributed by atoms with Crippen LogP contribution >= 0.6 is 0 Å². The molecule has 4 nitrogen and oxygen atoms in total. The molecule has 2 aromatic rings. The van der Waals surface area contributed by atoms with E-state index in [-0.39, 0.29) is 37.4 Å². The molecule has 0 amide bonds. The van der Waals surface area contributed by atoms with Crippen LogP contribution in [-0.2, 0) is 23.7 Å². The number of amidine groups is 1. The zero-order valence-electron chi connectivity index (χ0n) is 17.5. The first-order valence-electron chi connectivity index (χ1n) is 9.94. The van der Waals surface area contributed by atoms with Gasteiger partial charge < -0.3 is 14.5 Å². The standard InChI is InChI=1S/C22H23F6N3O/c1-15(2)11-30-14-31(18-9-7-17(8-10-18)21(23,24)25)13-29-20(30)32-12-16-5-3-4-6-19(16)22(26,27)28/h3-10,15H,11-14H2,1-2H3. The van der Waals surface area contributed by atoms with Crippen molar-refractivity contribution in [1.82, 2.24) is 4.90 Å². The fraction of sp³-hybridized carbons (Fsp3) is 0.409. The summed E-state index contributed by atoms with van der Waals surface area (Å²) in [5.41, 5.74) is -0.958. The molecule has 0 N–H and O–H groups in total. The average Bonchev–Trinajstić information content (AvgIpc) is 2.71. The lowest BCUT2D eigenvalue weighted by Gasteiger charge is -2.37. The zero-order chi connectivity index (χ0) is 23.5. The summed E-state index contributed by atoms with van der Waals surface area (Å²) in [6.45, 7) is 4.53. The normalized spacial score (nSPS) is 15.2. The molecule has 0 radical (unpaired) electrons. The molecule has 0 unspecified atom stereocenters. The van der Waals surface area contributed by atoms with Gasteiger partial charge >= 0.3 is 12.4 Å². The van der Waals surface area contributed by atoms with Crippen molar-refractivity contribution < 1.29 is 31.1 Å². The highest BCUT2D eigenvalue weighted by atomic mass is 19.4. The van der Waals surface area contributed by atoms with Gasteiger partial charge in [0.2, 0.25) is 0 Å². The average molecular weight is 459 g/mol. The Labute approximate surface area is 182 Å². The lowest BCUT2D eigenvalue weighted by molar-refractivity contribution is -0.139. The molecule has 0 aromatic heterocycles. The molecule has 0 saturated carbocycles. The predicted octanol–water partition coefficient (Wildman–Crippen LogP) is 5.99. The second kappa shape index (κ2) is 9.30. The van der Waals surface area contributed by atoms with Gasteiger partial charge in [-0.3, -0.25) is 0 Å². The van der Waals surface area contributed by atoms with E-state index in [4.69, 9.17) is 4.74 Å². The van der Waals surface area contributed by atoms with Gasteiger partial charge in [-0.25, -0.2) is 4.99 Å². The minimum atomic E-state index is -4.49. The van der Waals surface area contributed by atoms with Crippen molar-refractivity contribution in [2.75, 3.05) is 24.8 Å². The molecule has 1 heterocycles. The third kappa shape index (κ3) is 5.86. The van der Waals surface area contributed by atoms with Gasteiger partial charge in [0.05, 0.1) is 17.8 Å². The number of halogens is 6. The van der Waals surface area contributed by atoms with Crippen LogP contribution in [-0.4, -0.2) is 30.8 Å². The predicted molar refractivity (Wildman–Crippen MR) is 109 cm³/mol. The minimum Gasteiger partial charge on any atom is -0.460 e. The van der Waals surface area contributed by atoms with E-state index in [9.17, 15) is 26.3 Å². The van der Waals surface area contributed by atoms with E-state index in [0.717, 1.165) is 18.2 Å². The molecule has 174 valence electrons. The van der Waals surface area contributed by atoms with Crippen LogP contribution in [0.1, 0.15) is 30.5 Å². The van der Waals surface area contributed by atoms with Crippen LogP contribution in [0.15, 0.2) is 53.5 Å². The largest absolute Gasteiger partial charge is 0.460 e. The fourth-order valence-electron chi connectivity index (χ4n) is 3.36. The topological polar surface area (TPSA) is 28.1 Å². The second-order valence-corrected chi connectivity index (χ2v) is 7.87. The molecule has 1 aliphatic heterocycles. The third-order valence-corrected chi connectivity index (χ3v) is 4.81. The van der Waals surface area contributed by atoms with Crippen molar-refractivity contribution in [3.63, 3.8) is 0 Å². The number of ether oxygens (including phenoxy) is 1. The first kappa shape index (κ1) is 23.7. The monoisotopic (exact) mass is 459 g/mol. The van der Waals surface area contributed by atoms with Gasteiger partial charge in [0.25, 0.3) is 6.02 Å². The Morgan fingerprint density at radius 1 is 0.938 bits per heavy atom. The summed E-state index contributed by atoms with van der Waals surface area (Å²) >= 11 is 0. The molecule has 32 heavy (non-hydrogen) atoms. The van der Waals surface area contributed by atoms with Gasteiger partial charge in [-0.1, -0.05) is 32.0 Å². The molecule has 0 atom stereocenters. The maximum atomic E-state index is 13.2. The Morgan fingerprint density at radius 3 is 2.19 bits per heavy atom. The molecule has 0 spiro atoms. The Hall–Kier alpha value is -2.91. The summed E-state index contributed by atoms with van der Waals surface area (Å²) in [7, 11) is 0. The zero-order valence-corrected chi connectivity index (χ0v) is 17.5. The molecule has 2 aromatic carbocycles. The van der Waals surface area contributed by atoms with Crippen molar-refractivity contribution >= 4 is 11.7 Å². The van der Waals surface area contributed by atoms with Gasteiger partial charge in [-0.05, 0) is 36.2 Å². The van der Waals surface area contributed by atoms with Crippen LogP contribution in [0, 0.1) is 5.92 Å². The second-order valence-electron chi connectivity index (χ2n) is 7.87. The van der Waals surface area contributed by atoms with Crippen molar-refractivity contribution in [3.05, 3.63) is 65.2 Å². The van der Waals surface area contributed by atoms with E-state index in [0.29, 0.717) is 12.2 Å². The number of rotatable bonds is 5. The fourth-order valence-corrected chi connectivity index (χ4v) is 3.36. The first-order chi connectivity index (χ1) is 14.9. The molecule has 3 rings (SSSR count). The van der Waals surface area contributed by atoms with Crippen LogP contribution < -0.4 is 4.90 Å². The van der Waals surface area contributed by atoms with Crippen molar-refractivity contribution in [3.8, 4) is 0 Å². The van der Waals surface area contributed by atoms with Gasteiger partial charge in [0.15, 0.2) is 0 Å². The highest BCUT2D eigenvalue weighted by Gasteiger charge is 2.34. The summed E-state index contributed by atoms with van der Waals surface area (Å²) in [4.78, 5) is 7.87. The number of aliphatic imine (C=N–C) groups is 1. The minimum absolute atomic E-state index is 0.00244. The molecule has 0 fully saturated rings. The number of nitrogens with zero attached hydrogens (tertiary/aromatic N) is 3. The van der Waals surface area contributed by atoms with E-state index in [1.54, 1.807) is 9.80 Å². The number of hydrogen-bond donors (Lipinski definition) is 0. The van der Waals surface area contributed by atoms with Crippen LogP contribution in [0.5, 0.6) is 0 Å². The SMILES string of the molecule is CC(C)CN1CN(c2ccc(C(F)(F)F)cc2)CN=C1OCc1ccccc1C(F)(F)F. The Kier molecular flexibility index (Phi) is 6.90. The van der Waals surface area contributed by atoms with E-state index in [1.807, 2.05) is 13.8 Å². The Bertz CT molecular complexity index is 938. The highest BCUT2D eigenvalue weighted by molar-refractivity contribution is 5.75. The molecular formula is C22H23F6N3O. The van der Waals surface area contributed by atoms with Gasteiger partial charge in [-0.2, -0.15) is 26.3 Å². The lowest BCUT2D eigenvalue weighted by atomic mass is 10.1. The molecular weight excluding hydrogens is 436 g/mol. The van der Waals surface area contributed by atoms with E-state index >= 15 is 0 Å². The van der Waals surface area contributed by atoms with Crippen molar-refractivity contribution in [1.29, 1.82) is 0 Å². The molecule has 0 bridgehead atoms. The maximum absolute atomic E-state index is 13.2. The van der Waals surface area contributed by atoms with Crippen LogP contribution in [0.2, 0.25) is 0 Å². The molecule has 10 heteroatoms. The van der Waals surface area contributed by atoms with Gasteiger partial charge in [0, 0.05) is 17.8 Å². The summed E-state index contributed by atoms with van der Waals surface area (Å²) in [6.07, 6.45) is -8.92. The Morgan fingerprint density at radius 2 is 1.59 bits per heavy atom. The van der Waals surface area contributed by atoms with Gasteiger partial charge in [0.1, 0.15) is 13.3 Å². The van der Waals surface area contributed by atoms with E-state index < -0.39 is 23.5 Å². The smallest absolute Gasteiger partial charge is 0.416 e. The summed E-state index contributed by atoms with van der Waals surface area (Å²) in [5, 5.41) is 0. The van der Waals surface area contributed by atoms with Crippen LogP contribution in [0.4, 0.5) is 32.0 Å². The van der Waals surface area contributed by atoms with Gasteiger partial charge in [-0.15, -0.1) is 0 Å². The summed E-state index contributed by atoms with van der Waals surface area (Å²) in [6, 6.07) is 10.1. The van der Waals surface area contributed by atoms with Crippen molar-refractivity contribution in [2.45, 2.75) is 32.8 Å².